The molecule has 0 aliphatic rings. The van der Waals surface area contributed by atoms with Crippen molar-refractivity contribution in [1.82, 2.24) is 9.97 Å². The third-order valence-electron chi connectivity index (χ3n) is 0.888. The van der Waals surface area contributed by atoms with Gasteiger partial charge in [0.25, 0.3) is 0 Å². The van der Waals surface area contributed by atoms with Gasteiger partial charge in [0.05, 0.1) is 18.1 Å². The van der Waals surface area contributed by atoms with Gasteiger partial charge in [0.1, 0.15) is 0 Å². The molecule has 2 amide bonds. The second-order valence-electron chi connectivity index (χ2n) is 1.73. The maximum absolute atomic E-state index is 10.3. The van der Waals surface area contributed by atoms with E-state index in [2.05, 4.69) is 15.3 Å². The van der Waals surface area contributed by atoms with E-state index in [9.17, 15) is 4.79 Å². The van der Waals surface area contributed by atoms with E-state index < -0.39 is 6.03 Å². The summed E-state index contributed by atoms with van der Waals surface area (Å²) in [6.07, 6.45) is 2.72. The molecular weight excluding hydrogens is 168 g/mol. The fourth-order valence-electron chi connectivity index (χ4n) is 0.519. The Kier molecular flexibility index (Phi) is 2.22. The summed E-state index contributed by atoms with van der Waals surface area (Å²) in [7, 11) is 0. The Morgan fingerprint density at radius 3 is 2.55 bits per heavy atom. The van der Waals surface area contributed by atoms with Crippen molar-refractivity contribution in [2.45, 2.75) is 0 Å². The highest BCUT2D eigenvalue weighted by atomic mass is 35.5. The molecule has 1 aromatic rings. The van der Waals surface area contributed by atoms with Crippen LogP contribution in [0.3, 0.4) is 0 Å². The van der Waals surface area contributed by atoms with Gasteiger partial charge < -0.3 is 11.1 Å². The fourth-order valence-corrected chi connectivity index (χ4v) is 0.617. The van der Waals surface area contributed by atoms with Crippen LogP contribution in [0.1, 0.15) is 0 Å². The summed E-state index contributed by atoms with van der Waals surface area (Å²) < 4.78 is 0. The average molecular weight is 173 g/mol. The van der Waals surface area contributed by atoms with Gasteiger partial charge in [0.2, 0.25) is 5.28 Å². The summed E-state index contributed by atoms with van der Waals surface area (Å²) in [6, 6.07) is -0.657. The minimum atomic E-state index is -0.657. The molecule has 0 saturated carbocycles. The Balaban J connectivity index is 2.74. The average Bonchev–Trinajstić information content (AvgIpc) is 1.93. The van der Waals surface area contributed by atoms with Crippen LogP contribution < -0.4 is 11.1 Å². The predicted octanol–water partition coefficient (Wildman–Crippen LogP) is 0.621. The van der Waals surface area contributed by atoms with E-state index in [1.54, 1.807) is 0 Å². The normalized spacial score (nSPS) is 9.18. The lowest BCUT2D eigenvalue weighted by molar-refractivity contribution is 0.259. The van der Waals surface area contributed by atoms with Crippen LogP contribution >= 0.6 is 11.6 Å². The van der Waals surface area contributed by atoms with Crippen molar-refractivity contribution in [2.24, 2.45) is 5.73 Å². The number of hydrogen-bond acceptors (Lipinski definition) is 3. The largest absolute Gasteiger partial charge is 0.351 e. The minimum absolute atomic E-state index is 0.125. The zero-order valence-electron chi connectivity index (χ0n) is 5.41. The van der Waals surface area contributed by atoms with Crippen molar-refractivity contribution in [3.05, 3.63) is 17.7 Å². The first-order valence-corrected chi connectivity index (χ1v) is 3.10. The van der Waals surface area contributed by atoms with Crippen molar-refractivity contribution in [3.8, 4) is 0 Å². The van der Waals surface area contributed by atoms with Crippen LogP contribution in [0, 0.1) is 0 Å². The Morgan fingerprint density at radius 1 is 1.55 bits per heavy atom. The molecule has 58 valence electrons. The molecule has 0 spiro atoms. The second-order valence-corrected chi connectivity index (χ2v) is 2.07. The van der Waals surface area contributed by atoms with Gasteiger partial charge in [0.15, 0.2) is 0 Å². The monoisotopic (exact) mass is 172 g/mol. The molecule has 0 radical (unpaired) electrons. The molecule has 11 heavy (non-hydrogen) atoms. The zero-order chi connectivity index (χ0) is 8.27. The van der Waals surface area contributed by atoms with E-state index >= 15 is 0 Å². The molecule has 0 fully saturated rings. The molecular formula is C5H5ClN4O. The first-order chi connectivity index (χ1) is 5.18. The van der Waals surface area contributed by atoms with E-state index in [4.69, 9.17) is 17.3 Å². The number of amides is 2. The highest BCUT2D eigenvalue weighted by Gasteiger charge is 1.95. The van der Waals surface area contributed by atoms with Crippen molar-refractivity contribution < 1.29 is 4.79 Å². The van der Waals surface area contributed by atoms with Gasteiger partial charge in [-0.15, -0.1) is 0 Å². The number of nitrogens with two attached hydrogens (primary N) is 1. The number of nitrogens with zero attached hydrogens (tertiary/aromatic N) is 2. The van der Waals surface area contributed by atoms with Gasteiger partial charge in [-0.25, -0.2) is 14.8 Å². The molecule has 0 saturated heterocycles. The van der Waals surface area contributed by atoms with E-state index in [1.165, 1.54) is 12.4 Å². The summed E-state index contributed by atoms with van der Waals surface area (Å²) >= 11 is 5.38. The summed E-state index contributed by atoms with van der Waals surface area (Å²) in [5.74, 6) is 0. The third-order valence-corrected chi connectivity index (χ3v) is 1.08. The lowest BCUT2D eigenvalue weighted by Crippen LogP contribution is -2.19. The topological polar surface area (TPSA) is 80.9 Å². The Bertz CT molecular complexity index is 260. The molecule has 0 aliphatic carbocycles. The maximum Gasteiger partial charge on any atom is 0.316 e. The molecule has 0 atom stereocenters. The first-order valence-electron chi connectivity index (χ1n) is 2.72. The number of primary amides is 1. The van der Waals surface area contributed by atoms with Crippen molar-refractivity contribution >= 4 is 23.3 Å². The standard InChI is InChI=1S/C5H5ClN4O/c6-4-8-1-3(2-9-4)10-5(7)11/h1-2H,(H3,7,10,11). The first kappa shape index (κ1) is 7.74. The number of hydrogen-bond donors (Lipinski definition) is 2. The number of aromatic nitrogens is 2. The summed E-state index contributed by atoms with van der Waals surface area (Å²) in [5, 5.41) is 2.41. The highest BCUT2D eigenvalue weighted by molar-refractivity contribution is 6.28. The molecule has 0 aliphatic heterocycles. The van der Waals surface area contributed by atoms with Crippen LogP contribution in [0.25, 0.3) is 0 Å². The van der Waals surface area contributed by atoms with Crippen LogP contribution in [0.15, 0.2) is 12.4 Å². The Morgan fingerprint density at radius 2 is 2.09 bits per heavy atom. The van der Waals surface area contributed by atoms with Crippen molar-refractivity contribution in [1.29, 1.82) is 0 Å². The molecule has 5 nitrogen and oxygen atoms in total. The van der Waals surface area contributed by atoms with E-state index in [-0.39, 0.29) is 5.28 Å². The number of nitrogens with one attached hydrogen (secondary N) is 1. The molecule has 0 aromatic carbocycles. The summed E-state index contributed by atoms with van der Waals surface area (Å²) in [5.41, 5.74) is 5.24. The van der Waals surface area contributed by atoms with Gasteiger partial charge in [-0.1, -0.05) is 0 Å². The second kappa shape index (κ2) is 3.16. The van der Waals surface area contributed by atoms with Gasteiger partial charge in [-0.05, 0) is 11.6 Å². The van der Waals surface area contributed by atoms with E-state index in [0.29, 0.717) is 5.69 Å². The van der Waals surface area contributed by atoms with Gasteiger partial charge in [-0.3, -0.25) is 0 Å². The summed E-state index contributed by atoms with van der Waals surface area (Å²) in [6.45, 7) is 0. The molecule has 3 N–H and O–H groups in total. The van der Waals surface area contributed by atoms with Crippen LogP contribution in [-0.4, -0.2) is 16.0 Å². The van der Waals surface area contributed by atoms with E-state index in [0.717, 1.165) is 0 Å². The zero-order valence-corrected chi connectivity index (χ0v) is 6.17. The number of rotatable bonds is 1. The molecule has 0 bridgehead atoms. The smallest absolute Gasteiger partial charge is 0.316 e. The molecule has 1 aromatic heterocycles. The number of halogens is 1. The van der Waals surface area contributed by atoms with Crippen LogP contribution in [0.4, 0.5) is 10.5 Å². The van der Waals surface area contributed by atoms with Gasteiger partial charge >= 0.3 is 6.03 Å². The third kappa shape index (κ3) is 2.38. The van der Waals surface area contributed by atoms with Gasteiger partial charge in [0, 0.05) is 0 Å². The molecule has 1 rings (SSSR count). The molecule has 1 heterocycles. The molecule has 0 unspecified atom stereocenters. The lowest BCUT2D eigenvalue weighted by atomic mass is 10.5. The number of carbonyl (C=O) groups is 1. The number of anilines is 1. The van der Waals surface area contributed by atoms with Crippen molar-refractivity contribution in [3.63, 3.8) is 0 Å². The SMILES string of the molecule is NC(=O)Nc1cnc(Cl)nc1. The summed E-state index contributed by atoms with van der Waals surface area (Å²) in [4.78, 5) is 17.5. The fraction of sp³-hybridized carbons (Fsp3) is 0. The maximum atomic E-state index is 10.3. The molecule has 6 heteroatoms. The van der Waals surface area contributed by atoms with Crippen LogP contribution in [0.2, 0.25) is 5.28 Å². The highest BCUT2D eigenvalue weighted by Crippen LogP contribution is 2.04. The number of urea groups is 1. The Labute approximate surface area is 67.6 Å². The van der Waals surface area contributed by atoms with E-state index in [1.807, 2.05) is 0 Å². The van der Waals surface area contributed by atoms with Crippen molar-refractivity contribution in [2.75, 3.05) is 5.32 Å². The minimum Gasteiger partial charge on any atom is -0.351 e. The van der Waals surface area contributed by atoms with Gasteiger partial charge in [-0.2, -0.15) is 0 Å². The van der Waals surface area contributed by atoms with Crippen LogP contribution in [0.5, 0.6) is 0 Å². The van der Waals surface area contributed by atoms with Crippen LogP contribution in [-0.2, 0) is 0 Å². The quantitative estimate of drug-likeness (QED) is 0.610. The predicted molar refractivity (Wildman–Crippen MR) is 40.2 cm³/mol. The lowest BCUT2D eigenvalue weighted by Gasteiger charge is -1.97. The number of carbonyl (C=O) groups excluding carboxylic acids is 1. The Hall–Kier alpha value is -1.36.